The third-order valence-electron chi connectivity index (χ3n) is 4.60. The van der Waals surface area contributed by atoms with Crippen molar-refractivity contribution in [2.45, 2.75) is 32.7 Å². The summed E-state index contributed by atoms with van der Waals surface area (Å²) in [6, 6.07) is 5.54. The SMILES string of the molecule is Cc1nn([C@H]2CCS(=O)(=O)C2)c(C)c1/C=N\NC(=O)Cc1ccc(F)cc1. The van der Waals surface area contributed by atoms with Crippen molar-refractivity contribution in [3.05, 3.63) is 52.6 Å². The number of aryl methyl sites for hydroxylation is 1. The standard InChI is InChI=1S/C18H21FN4O3S/c1-12-17(13(2)23(22-12)16-7-8-27(25,26)11-16)10-20-21-18(24)9-14-3-5-15(19)6-4-14/h3-6,10,16H,7-9,11H2,1-2H3,(H,21,24)/b20-10-/t16-/m0/s1. The highest BCUT2D eigenvalue weighted by molar-refractivity contribution is 7.91. The number of aromatic nitrogens is 2. The molecule has 1 fully saturated rings. The molecule has 3 rings (SSSR count). The molecule has 0 spiro atoms. The van der Waals surface area contributed by atoms with Gasteiger partial charge in [0.2, 0.25) is 5.91 Å². The quantitative estimate of drug-likeness (QED) is 0.619. The highest BCUT2D eigenvalue weighted by Gasteiger charge is 2.31. The molecule has 0 unspecified atom stereocenters. The number of nitrogens with zero attached hydrogens (tertiary/aromatic N) is 3. The van der Waals surface area contributed by atoms with E-state index in [2.05, 4.69) is 15.6 Å². The third kappa shape index (κ3) is 4.60. The first-order chi connectivity index (χ1) is 12.7. The van der Waals surface area contributed by atoms with Crippen LogP contribution in [0.25, 0.3) is 0 Å². The van der Waals surface area contributed by atoms with Gasteiger partial charge < -0.3 is 0 Å². The Morgan fingerprint density at radius 3 is 2.70 bits per heavy atom. The van der Waals surface area contributed by atoms with Crippen molar-refractivity contribution in [1.82, 2.24) is 15.2 Å². The summed E-state index contributed by atoms with van der Waals surface area (Å²) in [5.74, 6) is -0.392. The molecule has 1 aliphatic heterocycles. The lowest BCUT2D eigenvalue weighted by molar-refractivity contribution is -0.120. The van der Waals surface area contributed by atoms with E-state index in [1.807, 2.05) is 13.8 Å². The van der Waals surface area contributed by atoms with Gasteiger partial charge in [0.25, 0.3) is 0 Å². The summed E-state index contributed by atoms with van der Waals surface area (Å²) in [7, 11) is -3.00. The van der Waals surface area contributed by atoms with Crippen LogP contribution in [-0.2, 0) is 21.1 Å². The maximum Gasteiger partial charge on any atom is 0.244 e. The number of carbonyl (C=O) groups is 1. The van der Waals surface area contributed by atoms with Crippen molar-refractivity contribution in [1.29, 1.82) is 0 Å². The molecule has 7 nitrogen and oxygen atoms in total. The van der Waals surface area contributed by atoms with Gasteiger partial charge in [-0.1, -0.05) is 12.1 Å². The molecule has 0 saturated carbocycles. The maximum atomic E-state index is 12.9. The van der Waals surface area contributed by atoms with E-state index >= 15 is 0 Å². The van der Waals surface area contributed by atoms with E-state index < -0.39 is 9.84 Å². The molecule has 1 aliphatic rings. The van der Waals surface area contributed by atoms with Gasteiger partial charge in [-0.05, 0) is 38.0 Å². The van der Waals surface area contributed by atoms with Gasteiger partial charge in [-0.25, -0.2) is 18.2 Å². The van der Waals surface area contributed by atoms with Crippen LogP contribution in [0.4, 0.5) is 4.39 Å². The Hall–Kier alpha value is -2.55. The van der Waals surface area contributed by atoms with Crippen LogP contribution in [0.5, 0.6) is 0 Å². The largest absolute Gasteiger partial charge is 0.273 e. The number of benzene rings is 1. The normalized spacial score (nSPS) is 18.9. The molecular weight excluding hydrogens is 371 g/mol. The van der Waals surface area contributed by atoms with Crippen molar-refractivity contribution in [2.24, 2.45) is 5.10 Å². The van der Waals surface area contributed by atoms with Crippen LogP contribution in [-0.4, -0.2) is 41.8 Å². The number of hydrogen-bond acceptors (Lipinski definition) is 5. The van der Waals surface area contributed by atoms with Crippen LogP contribution < -0.4 is 5.43 Å². The van der Waals surface area contributed by atoms with E-state index in [9.17, 15) is 17.6 Å². The summed E-state index contributed by atoms with van der Waals surface area (Å²) in [6.07, 6.45) is 2.16. The lowest BCUT2D eigenvalue weighted by Crippen LogP contribution is -2.19. The Balaban J connectivity index is 1.65. The molecule has 1 aromatic heterocycles. The maximum absolute atomic E-state index is 12.9. The number of carbonyl (C=O) groups excluding carboxylic acids is 1. The van der Waals surface area contributed by atoms with E-state index in [0.29, 0.717) is 17.7 Å². The van der Waals surface area contributed by atoms with Gasteiger partial charge in [-0.3, -0.25) is 9.48 Å². The second kappa shape index (κ2) is 7.59. The smallest absolute Gasteiger partial charge is 0.244 e. The summed E-state index contributed by atoms with van der Waals surface area (Å²) in [6.45, 7) is 3.67. The average molecular weight is 392 g/mol. The second-order valence-corrected chi connectivity index (χ2v) is 8.91. The predicted octanol–water partition coefficient (Wildman–Crippen LogP) is 1.69. The van der Waals surface area contributed by atoms with E-state index in [0.717, 1.165) is 11.3 Å². The van der Waals surface area contributed by atoms with Gasteiger partial charge in [0.15, 0.2) is 9.84 Å². The lowest BCUT2D eigenvalue weighted by Gasteiger charge is -2.10. The van der Waals surface area contributed by atoms with Crippen LogP contribution in [0.2, 0.25) is 0 Å². The highest BCUT2D eigenvalue weighted by atomic mass is 32.2. The Labute approximate surface area is 157 Å². The summed E-state index contributed by atoms with van der Waals surface area (Å²) in [4.78, 5) is 11.9. The predicted molar refractivity (Wildman–Crippen MR) is 99.8 cm³/mol. The zero-order valence-electron chi connectivity index (χ0n) is 15.1. The first kappa shape index (κ1) is 19.2. The fourth-order valence-electron chi connectivity index (χ4n) is 3.18. The number of nitrogens with one attached hydrogen (secondary N) is 1. The zero-order valence-corrected chi connectivity index (χ0v) is 16.0. The van der Waals surface area contributed by atoms with Crippen molar-refractivity contribution < 1.29 is 17.6 Å². The molecule has 27 heavy (non-hydrogen) atoms. The van der Waals surface area contributed by atoms with E-state index in [1.54, 1.807) is 16.8 Å². The van der Waals surface area contributed by atoms with Gasteiger partial charge in [0.1, 0.15) is 5.82 Å². The average Bonchev–Trinajstić information content (AvgIpc) is 3.10. The molecule has 9 heteroatoms. The van der Waals surface area contributed by atoms with Crippen molar-refractivity contribution in [2.75, 3.05) is 11.5 Å². The van der Waals surface area contributed by atoms with Crippen LogP contribution in [0, 0.1) is 19.7 Å². The molecule has 1 amide bonds. The minimum absolute atomic E-state index is 0.0920. The first-order valence-electron chi connectivity index (χ1n) is 8.57. The highest BCUT2D eigenvalue weighted by Crippen LogP contribution is 2.26. The molecule has 1 aromatic carbocycles. The van der Waals surface area contributed by atoms with Crippen LogP contribution >= 0.6 is 0 Å². The van der Waals surface area contributed by atoms with E-state index in [-0.39, 0.29) is 35.7 Å². The summed E-state index contributed by atoms with van der Waals surface area (Å²) in [5.41, 5.74) is 5.41. The minimum atomic E-state index is -3.00. The number of sulfone groups is 1. The molecule has 144 valence electrons. The molecular formula is C18H21FN4O3S. The Bertz CT molecular complexity index is 981. The second-order valence-electron chi connectivity index (χ2n) is 6.68. The number of amides is 1. The summed E-state index contributed by atoms with van der Waals surface area (Å²) >= 11 is 0. The van der Waals surface area contributed by atoms with Gasteiger partial charge in [-0.2, -0.15) is 10.2 Å². The number of hydrogen-bond donors (Lipinski definition) is 1. The van der Waals surface area contributed by atoms with Crippen LogP contribution in [0.3, 0.4) is 0 Å². The Morgan fingerprint density at radius 1 is 1.37 bits per heavy atom. The van der Waals surface area contributed by atoms with Gasteiger partial charge in [0.05, 0.1) is 35.9 Å². The minimum Gasteiger partial charge on any atom is -0.273 e. The van der Waals surface area contributed by atoms with Gasteiger partial charge in [-0.15, -0.1) is 0 Å². The molecule has 1 N–H and O–H groups in total. The Morgan fingerprint density at radius 2 is 2.07 bits per heavy atom. The van der Waals surface area contributed by atoms with Crippen LogP contribution in [0.15, 0.2) is 29.4 Å². The van der Waals surface area contributed by atoms with Gasteiger partial charge in [0, 0.05) is 11.3 Å². The lowest BCUT2D eigenvalue weighted by atomic mass is 10.1. The number of halogens is 1. The van der Waals surface area contributed by atoms with E-state index in [1.165, 1.54) is 18.3 Å². The Kier molecular flexibility index (Phi) is 5.41. The summed E-state index contributed by atoms with van der Waals surface area (Å²) < 4.78 is 38.0. The fourth-order valence-corrected chi connectivity index (χ4v) is 4.87. The fraction of sp³-hybridized carbons (Fsp3) is 0.389. The molecule has 2 heterocycles. The first-order valence-corrected chi connectivity index (χ1v) is 10.4. The van der Waals surface area contributed by atoms with Gasteiger partial charge >= 0.3 is 0 Å². The monoisotopic (exact) mass is 392 g/mol. The molecule has 0 bridgehead atoms. The van der Waals surface area contributed by atoms with Crippen LogP contribution in [0.1, 0.15) is 35.0 Å². The topological polar surface area (TPSA) is 93.4 Å². The molecule has 1 saturated heterocycles. The van der Waals surface area contributed by atoms with E-state index in [4.69, 9.17) is 0 Å². The molecule has 2 aromatic rings. The third-order valence-corrected chi connectivity index (χ3v) is 6.35. The number of rotatable bonds is 5. The number of hydrazone groups is 1. The molecule has 0 radical (unpaired) electrons. The van der Waals surface area contributed by atoms with Crippen molar-refractivity contribution >= 4 is 22.0 Å². The summed E-state index contributed by atoms with van der Waals surface area (Å²) in [5, 5.41) is 8.42. The van der Waals surface area contributed by atoms with Crippen molar-refractivity contribution in [3.63, 3.8) is 0 Å². The van der Waals surface area contributed by atoms with Crippen molar-refractivity contribution in [3.8, 4) is 0 Å². The molecule has 1 atom stereocenters. The molecule has 0 aliphatic carbocycles. The zero-order chi connectivity index (χ0) is 19.6.